The summed E-state index contributed by atoms with van der Waals surface area (Å²) in [5.74, 6) is -1.12. The number of carbonyl (C=O) groups is 5. The topological polar surface area (TPSA) is 113 Å². The van der Waals surface area contributed by atoms with Gasteiger partial charge in [0.25, 0.3) is 11.8 Å². The maximum Gasteiger partial charge on any atom is 0.306 e. The molecule has 0 aliphatic carbocycles. The summed E-state index contributed by atoms with van der Waals surface area (Å²) in [5.41, 5.74) is 0.900. The molecule has 2 aliphatic rings. The highest BCUT2D eigenvalue weighted by Gasteiger charge is 2.36. The zero-order valence-corrected chi connectivity index (χ0v) is 19.9. The minimum Gasteiger partial charge on any atom is -0.460 e. The number of nitrogens with zero attached hydrogens (tertiary/aromatic N) is 2. The Morgan fingerprint density at radius 1 is 1.00 bits per heavy atom. The maximum absolute atomic E-state index is 12.8. The van der Waals surface area contributed by atoms with Crippen molar-refractivity contribution < 1.29 is 28.7 Å². The van der Waals surface area contributed by atoms with E-state index in [1.165, 1.54) is 11.9 Å². The van der Waals surface area contributed by atoms with Crippen molar-refractivity contribution in [2.45, 2.75) is 70.4 Å². The number of carbonyl (C=O) groups excluding carboxylic acids is 5. The van der Waals surface area contributed by atoms with Crippen LogP contribution in [0, 0.1) is 0 Å². The maximum atomic E-state index is 12.8. The summed E-state index contributed by atoms with van der Waals surface area (Å²) in [7, 11) is 1.52. The van der Waals surface area contributed by atoms with E-state index < -0.39 is 5.97 Å². The number of amides is 4. The van der Waals surface area contributed by atoms with Gasteiger partial charge in [-0.15, -0.1) is 0 Å². The van der Waals surface area contributed by atoms with Gasteiger partial charge >= 0.3 is 5.97 Å². The van der Waals surface area contributed by atoms with Gasteiger partial charge < -0.3 is 15.0 Å². The molecule has 0 radical (unpaired) electrons. The van der Waals surface area contributed by atoms with E-state index in [1.54, 1.807) is 29.2 Å². The molecule has 0 spiro atoms. The Balaban J connectivity index is 1.38. The molecule has 1 aromatic rings. The van der Waals surface area contributed by atoms with Crippen molar-refractivity contribution in [1.29, 1.82) is 0 Å². The number of esters is 1. The largest absolute Gasteiger partial charge is 0.460 e. The number of unbranched alkanes of at least 4 members (excludes halogenated alkanes) is 2. The van der Waals surface area contributed by atoms with Gasteiger partial charge in [0, 0.05) is 38.9 Å². The number of imide groups is 1. The fraction of sp³-hybridized carbons (Fsp3) is 0.560. The molecule has 1 saturated heterocycles. The predicted octanol–water partition coefficient (Wildman–Crippen LogP) is 2.29. The number of hydrogen-bond donors (Lipinski definition) is 1. The van der Waals surface area contributed by atoms with Crippen LogP contribution in [0.3, 0.4) is 0 Å². The molecule has 34 heavy (non-hydrogen) atoms. The Morgan fingerprint density at radius 3 is 2.29 bits per heavy atom. The van der Waals surface area contributed by atoms with Crippen LogP contribution in [0.5, 0.6) is 0 Å². The second-order valence-electron chi connectivity index (χ2n) is 8.75. The van der Waals surface area contributed by atoms with Gasteiger partial charge in [-0.1, -0.05) is 25.5 Å². The number of nitrogens with one attached hydrogen (secondary N) is 1. The van der Waals surface area contributed by atoms with Crippen molar-refractivity contribution in [2.75, 3.05) is 20.1 Å². The van der Waals surface area contributed by atoms with Crippen LogP contribution in [-0.4, -0.2) is 71.7 Å². The molecule has 184 valence electrons. The Morgan fingerprint density at radius 2 is 1.68 bits per heavy atom. The van der Waals surface area contributed by atoms with E-state index in [9.17, 15) is 24.0 Å². The molecule has 3 rings (SSSR count). The molecule has 2 heterocycles. The first-order valence-corrected chi connectivity index (χ1v) is 12.0. The number of rotatable bonds is 11. The van der Waals surface area contributed by atoms with E-state index in [-0.39, 0.29) is 48.6 Å². The summed E-state index contributed by atoms with van der Waals surface area (Å²) < 4.78 is 5.48. The molecule has 0 aromatic heterocycles. The molecule has 1 aromatic carbocycles. The molecular weight excluding hydrogens is 438 g/mol. The minimum atomic E-state index is -0.425. The third-order valence-electron chi connectivity index (χ3n) is 6.45. The van der Waals surface area contributed by atoms with E-state index in [0.717, 1.165) is 12.8 Å². The average molecular weight is 472 g/mol. The van der Waals surface area contributed by atoms with E-state index in [0.29, 0.717) is 49.9 Å². The molecule has 2 aliphatic heterocycles. The first-order chi connectivity index (χ1) is 16.3. The van der Waals surface area contributed by atoms with Crippen LogP contribution in [-0.2, 0) is 19.1 Å². The van der Waals surface area contributed by atoms with Crippen LogP contribution in [0.4, 0.5) is 0 Å². The molecule has 4 amide bonds. The Hall–Kier alpha value is -3.23. The van der Waals surface area contributed by atoms with Gasteiger partial charge in [-0.3, -0.25) is 28.9 Å². The van der Waals surface area contributed by atoms with Crippen molar-refractivity contribution >= 4 is 29.6 Å². The number of ether oxygens (including phenoxy) is 1. The highest BCUT2D eigenvalue weighted by molar-refractivity contribution is 6.21. The third-order valence-corrected chi connectivity index (χ3v) is 6.45. The Labute approximate surface area is 199 Å². The highest BCUT2D eigenvalue weighted by Crippen LogP contribution is 2.25. The molecule has 0 bridgehead atoms. The summed E-state index contributed by atoms with van der Waals surface area (Å²) >= 11 is 0. The van der Waals surface area contributed by atoms with Gasteiger partial charge in [0.2, 0.25) is 11.8 Å². The Kier molecular flexibility index (Phi) is 8.79. The van der Waals surface area contributed by atoms with Crippen LogP contribution >= 0.6 is 0 Å². The number of hydrogen-bond acceptors (Lipinski definition) is 6. The van der Waals surface area contributed by atoms with Crippen LogP contribution < -0.4 is 5.32 Å². The fourth-order valence-electron chi connectivity index (χ4n) is 4.55. The lowest BCUT2D eigenvalue weighted by Crippen LogP contribution is -2.35. The molecule has 1 N–H and O–H groups in total. The monoisotopic (exact) mass is 471 g/mol. The van der Waals surface area contributed by atoms with Crippen molar-refractivity contribution in [3.05, 3.63) is 35.4 Å². The minimum absolute atomic E-state index is 0.0218. The van der Waals surface area contributed by atoms with Crippen LogP contribution in [0.15, 0.2) is 24.3 Å². The van der Waals surface area contributed by atoms with E-state index in [1.807, 2.05) is 6.92 Å². The van der Waals surface area contributed by atoms with Gasteiger partial charge in [-0.2, -0.15) is 0 Å². The lowest BCUT2D eigenvalue weighted by molar-refractivity contribution is -0.150. The standard InChI is InChI=1S/C25H33N3O6/c1-3-17-15-18(34-23(31)13-12-21(29)26-2)16-28(17)22(30)11-5-4-8-14-27-24(32)19-9-6-7-10-20(19)25(27)33/h6-7,9-10,17-18H,3-5,8,11-16H2,1-2H3,(H,26,29)/t17-,18-/m1/s1. The summed E-state index contributed by atoms with van der Waals surface area (Å²) in [6.07, 6.45) is 3.53. The first-order valence-electron chi connectivity index (χ1n) is 12.0. The average Bonchev–Trinajstić information content (AvgIpc) is 3.36. The number of fused-ring (bicyclic) bond motifs is 1. The zero-order valence-electron chi connectivity index (χ0n) is 19.9. The first kappa shape index (κ1) is 25.4. The van der Waals surface area contributed by atoms with Gasteiger partial charge in [0.05, 0.1) is 24.1 Å². The van der Waals surface area contributed by atoms with Crippen molar-refractivity contribution in [2.24, 2.45) is 0 Å². The van der Waals surface area contributed by atoms with Crippen LogP contribution in [0.1, 0.15) is 79.0 Å². The van der Waals surface area contributed by atoms with Crippen LogP contribution in [0.2, 0.25) is 0 Å². The van der Waals surface area contributed by atoms with Gasteiger partial charge in [-0.25, -0.2) is 0 Å². The molecule has 1 fully saturated rings. The SMILES string of the molecule is CC[C@@H]1C[C@@H](OC(=O)CCC(=O)NC)CN1C(=O)CCCCCN1C(=O)c2ccccc2C1=O. The quantitative estimate of drug-likeness (QED) is 0.301. The Bertz CT molecular complexity index is 911. The van der Waals surface area contributed by atoms with E-state index in [4.69, 9.17) is 4.74 Å². The highest BCUT2D eigenvalue weighted by atomic mass is 16.5. The second-order valence-corrected chi connectivity index (χ2v) is 8.75. The van der Waals surface area contributed by atoms with E-state index in [2.05, 4.69) is 5.32 Å². The molecule has 9 heteroatoms. The van der Waals surface area contributed by atoms with E-state index >= 15 is 0 Å². The summed E-state index contributed by atoms with van der Waals surface area (Å²) in [6.45, 7) is 2.72. The van der Waals surface area contributed by atoms with Crippen LogP contribution in [0.25, 0.3) is 0 Å². The van der Waals surface area contributed by atoms with Crippen molar-refractivity contribution in [3.63, 3.8) is 0 Å². The van der Waals surface area contributed by atoms with Gasteiger partial charge in [-0.05, 0) is 31.4 Å². The molecule has 0 unspecified atom stereocenters. The molecular formula is C25H33N3O6. The molecule has 0 saturated carbocycles. The summed E-state index contributed by atoms with van der Waals surface area (Å²) in [4.78, 5) is 64.0. The summed E-state index contributed by atoms with van der Waals surface area (Å²) in [6, 6.07) is 6.86. The fourth-order valence-corrected chi connectivity index (χ4v) is 4.55. The number of benzene rings is 1. The van der Waals surface area contributed by atoms with Gasteiger partial charge in [0.15, 0.2) is 0 Å². The third kappa shape index (κ3) is 6.01. The van der Waals surface area contributed by atoms with Crippen molar-refractivity contribution in [1.82, 2.24) is 15.1 Å². The lowest BCUT2D eigenvalue weighted by Gasteiger charge is -2.23. The molecule has 2 atom stereocenters. The second kappa shape index (κ2) is 11.8. The lowest BCUT2D eigenvalue weighted by atomic mass is 10.1. The summed E-state index contributed by atoms with van der Waals surface area (Å²) in [5, 5.41) is 2.47. The van der Waals surface area contributed by atoms with Gasteiger partial charge in [0.1, 0.15) is 6.10 Å². The predicted molar refractivity (Wildman–Crippen MR) is 124 cm³/mol. The van der Waals surface area contributed by atoms with Crippen molar-refractivity contribution in [3.8, 4) is 0 Å². The normalized spacial score (nSPS) is 19.4. The molecule has 9 nitrogen and oxygen atoms in total. The smallest absolute Gasteiger partial charge is 0.306 e. The number of likely N-dealkylation sites (tertiary alicyclic amines) is 1. The zero-order chi connectivity index (χ0) is 24.7.